The van der Waals surface area contributed by atoms with Crippen LogP contribution in [0.4, 0.5) is 5.69 Å². The molecule has 2 N–H and O–H groups in total. The van der Waals surface area contributed by atoms with E-state index >= 15 is 0 Å². The first kappa shape index (κ1) is 14.8. The van der Waals surface area contributed by atoms with Gasteiger partial charge in [0.25, 0.3) is 5.91 Å². The summed E-state index contributed by atoms with van der Waals surface area (Å²) in [6, 6.07) is 12.2. The molecule has 0 fully saturated rings. The number of hydrogen-bond acceptors (Lipinski definition) is 2. The standard InChI is InChI=1S/C17H17NO3/c1-3-12-4-6-13(7-5-12)16(19)18-14-8-9-15(17(20)21)11(2)10-14/h4-10H,3H2,1-2H3,(H,18,19)(H,20,21). The maximum atomic E-state index is 12.1. The van der Waals surface area contributed by atoms with Crippen LogP contribution in [0.3, 0.4) is 0 Å². The van der Waals surface area contributed by atoms with Gasteiger partial charge in [0.15, 0.2) is 0 Å². The summed E-state index contributed by atoms with van der Waals surface area (Å²) in [6.07, 6.45) is 0.928. The van der Waals surface area contributed by atoms with Crippen molar-refractivity contribution in [2.45, 2.75) is 20.3 Å². The molecule has 2 rings (SSSR count). The fourth-order valence-electron chi connectivity index (χ4n) is 2.08. The van der Waals surface area contributed by atoms with Crippen LogP contribution >= 0.6 is 0 Å². The number of benzene rings is 2. The zero-order valence-corrected chi connectivity index (χ0v) is 12.0. The molecule has 0 aliphatic heterocycles. The Bertz CT molecular complexity index is 675. The van der Waals surface area contributed by atoms with Gasteiger partial charge >= 0.3 is 5.97 Å². The quantitative estimate of drug-likeness (QED) is 0.902. The van der Waals surface area contributed by atoms with Crippen LogP contribution in [0, 0.1) is 6.92 Å². The maximum absolute atomic E-state index is 12.1. The molecule has 1 amide bonds. The molecule has 2 aromatic rings. The van der Waals surface area contributed by atoms with E-state index in [0.29, 0.717) is 16.8 Å². The summed E-state index contributed by atoms with van der Waals surface area (Å²) in [5.74, 6) is -1.18. The van der Waals surface area contributed by atoms with Crippen molar-refractivity contribution in [3.05, 3.63) is 64.7 Å². The second kappa shape index (κ2) is 6.22. The van der Waals surface area contributed by atoms with E-state index in [4.69, 9.17) is 5.11 Å². The van der Waals surface area contributed by atoms with Crippen molar-refractivity contribution in [3.8, 4) is 0 Å². The number of carbonyl (C=O) groups is 2. The van der Waals surface area contributed by atoms with Gasteiger partial charge in [-0.3, -0.25) is 4.79 Å². The van der Waals surface area contributed by atoms with Crippen molar-refractivity contribution in [1.82, 2.24) is 0 Å². The van der Waals surface area contributed by atoms with Gasteiger partial charge in [-0.15, -0.1) is 0 Å². The lowest BCUT2D eigenvalue weighted by Gasteiger charge is -2.08. The van der Waals surface area contributed by atoms with Crippen LogP contribution in [-0.2, 0) is 6.42 Å². The number of amides is 1. The summed E-state index contributed by atoms with van der Waals surface area (Å²) in [5, 5.41) is 11.7. The third-order valence-electron chi connectivity index (χ3n) is 3.34. The molecule has 0 saturated heterocycles. The summed E-state index contributed by atoms with van der Waals surface area (Å²) in [5.41, 5.74) is 3.18. The van der Waals surface area contributed by atoms with Crippen molar-refractivity contribution >= 4 is 17.6 Å². The van der Waals surface area contributed by atoms with Crippen molar-refractivity contribution in [1.29, 1.82) is 0 Å². The molecule has 2 aromatic carbocycles. The fraction of sp³-hybridized carbons (Fsp3) is 0.176. The average Bonchev–Trinajstić information content (AvgIpc) is 2.47. The van der Waals surface area contributed by atoms with Crippen molar-refractivity contribution < 1.29 is 14.7 Å². The van der Waals surface area contributed by atoms with Gasteiger partial charge in [-0.1, -0.05) is 19.1 Å². The topological polar surface area (TPSA) is 66.4 Å². The molecule has 0 aliphatic rings. The molecule has 21 heavy (non-hydrogen) atoms. The van der Waals surface area contributed by atoms with Gasteiger partial charge in [0, 0.05) is 11.3 Å². The molecule has 0 unspecified atom stereocenters. The molecule has 0 bridgehead atoms. The number of aromatic carboxylic acids is 1. The molecule has 0 heterocycles. The Morgan fingerprint density at radius 3 is 2.29 bits per heavy atom. The highest BCUT2D eigenvalue weighted by Crippen LogP contribution is 2.16. The molecule has 0 radical (unpaired) electrons. The minimum absolute atomic E-state index is 0.208. The second-order valence-corrected chi connectivity index (χ2v) is 4.84. The molecule has 108 valence electrons. The number of rotatable bonds is 4. The van der Waals surface area contributed by atoms with E-state index in [1.807, 2.05) is 12.1 Å². The van der Waals surface area contributed by atoms with E-state index in [-0.39, 0.29) is 11.5 Å². The first-order chi connectivity index (χ1) is 10.0. The smallest absolute Gasteiger partial charge is 0.335 e. The molecule has 4 nitrogen and oxygen atoms in total. The van der Waals surface area contributed by atoms with Crippen molar-refractivity contribution in [2.75, 3.05) is 5.32 Å². The minimum atomic E-state index is -0.972. The normalized spacial score (nSPS) is 10.2. The largest absolute Gasteiger partial charge is 0.478 e. The highest BCUT2D eigenvalue weighted by Gasteiger charge is 2.10. The number of carboxylic acids is 1. The van der Waals surface area contributed by atoms with Crippen molar-refractivity contribution in [3.63, 3.8) is 0 Å². The Morgan fingerprint density at radius 1 is 1.10 bits per heavy atom. The zero-order chi connectivity index (χ0) is 15.4. The lowest BCUT2D eigenvalue weighted by atomic mass is 10.1. The van der Waals surface area contributed by atoms with E-state index in [9.17, 15) is 9.59 Å². The average molecular weight is 283 g/mol. The maximum Gasteiger partial charge on any atom is 0.335 e. The van der Waals surface area contributed by atoms with Gasteiger partial charge in [0.1, 0.15) is 0 Å². The van der Waals surface area contributed by atoms with Crippen LogP contribution in [0.5, 0.6) is 0 Å². The predicted octanol–water partition coefficient (Wildman–Crippen LogP) is 3.51. The molecule has 0 spiro atoms. The summed E-state index contributed by atoms with van der Waals surface area (Å²) >= 11 is 0. The van der Waals surface area contributed by atoms with Crippen LogP contribution < -0.4 is 5.32 Å². The molecule has 0 saturated carbocycles. The van der Waals surface area contributed by atoms with Gasteiger partial charge < -0.3 is 10.4 Å². The number of hydrogen-bond donors (Lipinski definition) is 2. The van der Waals surface area contributed by atoms with Crippen LogP contribution in [0.2, 0.25) is 0 Å². The van der Waals surface area contributed by atoms with E-state index in [0.717, 1.165) is 6.42 Å². The molecular weight excluding hydrogens is 266 g/mol. The van der Waals surface area contributed by atoms with E-state index in [1.165, 1.54) is 11.6 Å². The Morgan fingerprint density at radius 2 is 1.76 bits per heavy atom. The Balaban J connectivity index is 2.15. The molecule has 4 heteroatoms. The molecule has 0 aliphatic carbocycles. The fourth-order valence-corrected chi connectivity index (χ4v) is 2.08. The number of carbonyl (C=O) groups excluding carboxylic acids is 1. The number of anilines is 1. The Labute approximate surface area is 123 Å². The van der Waals surface area contributed by atoms with Crippen LogP contribution in [0.25, 0.3) is 0 Å². The van der Waals surface area contributed by atoms with E-state index in [2.05, 4.69) is 12.2 Å². The Kier molecular flexibility index (Phi) is 4.38. The molecule has 0 aromatic heterocycles. The lowest BCUT2D eigenvalue weighted by Crippen LogP contribution is -2.12. The van der Waals surface area contributed by atoms with E-state index < -0.39 is 5.97 Å². The van der Waals surface area contributed by atoms with Crippen LogP contribution in [0.1, 0.15) is 38.8 Å². The second-order valence-electron chi connectivity index (χ2n) is 4.84. The highest BCUT2D eigenvalue weighted by atomic mass is 16.4. The molecule has 0 atom stereocenters. The number of nitrogens with one attached hydrogen (secondary N) is 1. The van der Waals surface area contributed by atoms with Crippen LogP contribution in [0.15, 0.2) is 42.5 Å². The summed E-state index contributed by atoms with van der Waals surface area (Å²) in [4.78, 5) is 23.1. The van der Waals surface area contributed by atoms with Crippen molar-refractivity contribution in [2.24, 2.45) is 0 Å². The van der Waals surface area contributed by atoms with Gasteiger partial charge in [0.05, 0.1) is 5.56 Å². The van der Waals surface area contributed by atoms with Crippen LogP contribution in [-0.4, -0.2) is 17.0 Å². The summed E-state index contributed by atoms with van der Waals surface area (Å²) < 4.78 is 0. The van der Waals surface area contributed by atoms with Gasteiger partial charge in [0.2, 0.25) is 0 Å². The highest BCUT2D eigenvalue weighted by molar-refractivity contribution is 6.04. The Hall–Kier alpha value is -2.62. The first-order valence-corrected chi connectivity index (χ1v) is 6.75. The predicted molar refractivity (Wildman–Crippen MR) is 81.9 cm³/mol. The zero-order valence-electron chi connectivity index (χ0n) is 12.0. The summed E-state index contributed by atoms with van der Waals surface area (Å²) in [6.45, 7) is 3.76. The third-order valence-corrected chi connectivity index (χ3v) is 3.34. The molecular formula is C17H17NO3. The third kappa shape index (κ3) is 3.48. The van der Waals surface area contributed by atoms with E-state index in [1.54, 1.807) is 31.2 Å². The van der Waals surface area contributed by atoms with Gasteiger partial charge in [-0.05, 0) is 54.8 Å². The SMILES string of the molecule is CCc1ccc(C(=O)Nc2ccc(C(=O)O)c(C)c2)cc1. The lowest BCUT2D eigenvalue weighted by molar-refractivity contribution is 0.0696. The van der Waals surface area contributed by atoms with Gasteiger partial charge in [-0.25, -0.2) is 4.79 Å². The summed E-state index contributed by atoms with van der Waals surface area (Å²) in [7, 11) is 0. The number of aryl methyl sites for hydroxylation is 2. The first-order valence-electron chi connectivity index (χ1n) is 6.75. The monoisotopic (exact) mass is 283 g/mol. The minimum Gasteiger partial charge on any atom is -0.478 e. The number of carboxylic acid groups (broad SMARTS) is 1. The van der Waals surface area contributed by atoms with Gasteiger partial charge in [-0.2, -0.15) is 0 Å².